The fourth-order valence-corrected chi connectivity index (χ4v) is 5.49. The molecular weight excluding hydrogens is 314 g/mol. The zero-order valence-corrected chi connectivity index (χ0v) is 14.6. The van der Waals surface area contributed by atoms with E-state index in [-0.39, 0.29) is 11.1 Å². The average molecular weight is 339 g/mol. The van der Waals surface area contributed by atoms with E-state index in [2.05, 4.69) is 22.8 Å². The van der Waals surface area contributed by atoms with E-state index in [0.717, 1.165) is 25.8 Å². The molecule has 1 atom stereocenters. The van der Waals surface area contributed by atoms with Gasteiger partial charge in [0.1, 0.15) is 6.04 Å². The van der Waals surface area contributed by atoms with E-state index in [1.165, 1.54) is 64.8 Å². The molecule has 5 nitrogen and oxygen atoms in total. The van der Waals surface area contributed by atoms with Crippen LogP contribution in [0.2, 0.25) is 0 Å². The van der Waals surface area contributed by atoms with Gasteiger partial charge < -0.3 is 4.57 Å². The van der Waals surface area contributed by atoms with Crippen LogP contribution in [0.25, 0.3) is 10.9 Å². The Morgan fingerprint density at radius 3 is 2.68 bits per heavy atom. The van der Waals surface area contributed by atoms with Gasteiger partial charge in [-0.1, -0.05) is 25.3 Å². The van der Waals surface area contributed by atoms with Gasteiger partial charge >= 0.3 is 0 Å². The van der Waals surface area contributed by atoms with Gasteiger partial charge in [-0.2, -0.15) is 0 Å². The van der Waals surface area contributed by atoms with Crippen LogP contribution in [0.15, 0.2) is 18.2 Å². The van der Waals surface area contributed by atoms with Crippen LogP contribution in [0.5, 0.6) is 0 Å². The average Bonchev–Trinajstić information content (AvgIpc) is 2.98. The highest BCUT2D eigenvalue weighted by atomic mass is 16.7. The van der Waals surface area contributed by atoms with Crippen LogP contribution in [-0.4, -0.2) is 21.2 Å². The maximum atomic E-state index is 11.5. The van der Waals surface area contributed by atoms with Gasteiger partial charge in [0.2, 0.25) is 0 Å². The first-order chi connectivity index (χ1) is 12.2. The summed E-state index contributed by atoms with van der Waals surface area (Å²) in [5.41, 5.74) is 5.39. The van der Waals surface area contributed by atoms with Crippen LogP contribution >= 0.6 is 0 Å². The molecule has 0 N–H and O–H groups in total. The Balaban J connectivity index is 1.64. The summed E-state index contributed by atoms with van der Waals surface area (Å²) in [6.07, 6.45) is 9.72. The van der Waals surface area contributed by atoms with Crippen molar-refractivity contribution < 1.29 is 5.03 Å². The SMILES string of the molecule is O=[N+]([O-])N1CCn2c3c(c4cc(C5CCCCC5)ccc42)CCC[C@H]31. The molecule has 25 heavy (non-hydrogen) atoms. The van der Waals surface area contributed by atoms with E-state index in [9.17, 15) is 10.1 Å². The van der Waals surface area contributed by atoms with Crippen LogP contribution in [0.1, 0.15) is 73.7 Å². The fraction of sp³-hybridized carbons (Fsp3) is 0.600. The molecule has 5 rings (SSSR count). The lowest BCUT2D eigenvalue weighted by Gasteiger charge is -2.34. The van der Waals surface area contributed by atoms with Crippen molar-refractivity contribution in [2.24, 2.45) is 0 Å². The molecular formula is C20H25N3O2. The van der Waals surface area contributed by atoms with Gasteiger partial charge in [-0.3, -0.25) is 0 Å². The largest absolute Gasteiger partial charge is 0.340 e. The molecule has 3 aliphatic rings. The first kappa shape index (κ1) is 15.2. The number of hydrazine groups is 1. The number of nitrogens with zero attached hydrogens (tertiary/aromatic N) is 3. The van der Waals surface area contributed by atoms with Crippen molar-refractivity contribution in [1.29, 1.82) is 0 Å². The van der Waals surface area contributed by atoms with Crippen molar-refractivity contribution in [3.8, 4) is 0 Å². The van der Waals surface area contributed by atoms with E-state index < -0.39 is 0 Å². The molecule has 1 aromatic heterocycles. The molecule has 1 saturated carbocycles. The van der Waals surface area contributed by atoms with Crippen molar-refractivity contribution in [2.45, 2.75) is 69.9 Å². The lowest BCUT2D eigenvalue weighted by molar-refractivity contribution is -0.668. The molecule has 132 valence electrons. The van der Waals surface area contributed by atoms with Crippen molar-refractivity contribution in [3.05, 3.63) is 45.1 Å². The molecule has 1 fully saturated rings. The Morgan fingerprint density at radius 1 is 1.04 bits per heavy atom. The number of hydrogen-bond donors (Lipinski definition) is 0. The highest BCUT2D eigenvalue weighted by molar-refractivity contribution is 5.87. The molecule has 2 aromatic rings. The van der Waals surface area contributed by atoms with Gasteiger partial charge in [0.15, 0.2) is 5.03 Å². The third-order valence-electron chi connectivity index (χ3n) is 6.66. The number of fused-ring (bicyclic) bond motifs is 3. The highest BCUT2D eigenvalue weighted by Crippen LogP contribution is 2.43. The second kappa shape index (κ2) is 5.75. The Bertz CT molecular complexity index is 835. The summed E-state index contributed by atoms with van der Waals surface area (Å²) >= 11 is 0. The number of aryl methyl sites for hydroxylation is 1. The molecule has 2 heterocycles. The maximum Gasteiger partial charge on any atom is 0.160 e. The van der Waals surface area contributed by atoms with Crippen LogP contribution in [-0.2, 0) is 13.0 Å². The predicted octanol–water partition coefficient (Wildman–Crippen LogP) is 4.57. The molecule has 0 amide bonds. The number of nitro groups is 1. The highest BCUT2D eigenvalue weighted by Gasteiger charge is 2.39. The summed E-state index contributed by atoms with van der Waals surface area (Å²) in [6, 6.07) is 6.99. The molecule has 1 aromatic carbocycles. The second-order valence-electron chi connectivity index (χ2n) is 7.94. The zero-order chi connectivity index (χ0) is 17.0. The fourth-order valence-electron chi connectivity index (χ4n) is 5.49. The van der Waals surface area contributed by atoms with E-state index in [4.69, 9.17) is 0 Å². The Hall–Kier alpha value is -2.04. The summed E-state index contributed by atoms with van der Waals surface area (Å²) in [6.45, 7) is 1.24. The van der Waals surface area contributed by atoms with Gasteiger partial charge in [0.05, 0.1) is 12.2 Å². The molecule has 1 aliphatic heterocycles. The summed E-state index contributed by atoms with van der Waals surface area (Å²) in [7, 11) is 0. The summed E-state index contributed by atoms with van der Waals surface area (Å²) in [5, 5.41) is 14.1. The smallest absolute Gasteiger partial charge is 0.160 e. The summed E-state index contributed by atoms with van der Waals surface area (Å²) in [5.74, 6) is 0.705. The molecule has 0 saturated heterocycles. The van der Waals surface area contributed by atoms with Gasteiger partial charge in [-0.25, -0.2) is 10.1 Å². The maximum absolute atomic E-state index is 11.5. The Morgan fingerprint density at radius 2 is 1.88 bits per heavy atom. The van der Waals surface area contributed by atoms with E-state index in [0.29, 0.717) is 12.5 Å². The van der Waals surface area contributed by atoms with Gasteiger partial charge in [-0.05, 0) is 61.3 Å². The van der Waals surface area contributed by atoms with Crippen molar-refractivity contribution in [3.63, 3.8) is 0 Å². The predicted molar refractivity (Wildman–Crippen MR) is 97.1 cm³/mol. The van der Waals surface area contributed by atoms with Gasteiger partial charge in [-0.15, -0.1) is 5.01 Å². The van der Waals surface area contributed by atoms with Crippen molar-refractivity contribution in [2.75, 3.05) is 6.54 Å². The third-order valence-corrected chi connectivity index (χ3v) is 6.66. The molecule has 2 aliphatic carbocycles. The Kier molecular flexibility index (Phi) is 3.50. The van der Waals surface area contributed by atoms with Gasteiger partial charge in [0, 0.05) is 17.4 Å². The topological polar surface area (TPSA) is 51.3 Å². The van der Waals surface area contributed by atoms with Crippen molar-refractivity contribution in [1.82, 2.24) is 9.58 Å². The number of hydrogen-bond acceptors (Lipinski definition) is 2. The van der Waals surface area contributed by atoms with Crippen LogP contribution < -0.4 is 0 Å². The van der Waals surface area contributed by atoms with E-state index >= 15 is 0 Å². The standard InChI is InChI=1S/C20H25N3O2/c24-23(25)22-12-11-21-18-10-9-15(14-5-2-1-3-6-14)13-17(18)16-7-4-8-19(22)20(16)21/h9-10,13-14,19H,1-8,11-12H2/t19-/m1/s1. The minimum atomic E-state index is -0.186. The number of benzene rings is 1. The first-order valence-electron chi connectivity index (χ1n) is 9.80. The quantitative estimate of drug-likeness (QED) is 0.595. The molecule has 5 heteroatoms. The van der Waals surface area contributed by atoms with Crippen LogP contribution in [0, 0.1) is 10.1 Å². The normalized spacial score (nSPS) is 23.7. The lowest BCUT2D eigenvalue weighted by atomic mass is 9.83. The van der Waals surface area contributed by atoms with Crippen molar-refractivity contribution >= 4 is 10.9 Å². The first-order valence-corrected chi connectivity index (χ1v) is 9.80. The van der Waals surface area contributed by atoms with E-state index in [1.807, 2.05) is 0 Å². The Labute approximate surface area is 147 Å². The summed E-state index contributed by atoms with van der Waals surface area (Å²) in [4.78, 5) is 11.5. The number of rotatable bonds is 2. The molecule has 0 radical (unpaired) electrons. The zero-order valence-electron chi connectivity index (χ0n) is 14.6. The minimum Gasteiger partial charge on any atom is -0.340 e. The second-order valence-corrected chi connectivity index (χ2v) is 7.94. The minimum absolute atomic E-state index is 0.0435. The third kappa shape index (κ3) is 2.28. The van der Waals surface area contributed by atoms with E-state index in [1.54, 1.807) is 0 Å². The lowest BCUT2D eigenvalue weighted by Crippen LogP contribution is -2.43. The van der Waals surface area contributed by atoms with Crippen LogP contribution in [0.4, 0.5) is 0 Å². The number of aromatic nitrogens is 1. The molecule has 0 unspecified atom stereocenters. The van der Waals surface area contributed by atoms with Crippen LogP contribution in [0.3, 0.4) is 0 Å². The monoisotopic (exact) mass is 339 g/mol. The summed E-state index contributed by atoms with van der Waals surface area (Å²) < 4.78 is 2.37. The van der Waals surface area contributed by atoms with Gasteiger partial charge in [0.25, 0.3) is 0 Å². The molecule has 0 spiro atoms. The molecule has 0 bridgehead atoms.